The number of hydrogen-bond acceptors (Lipinski definition) is 3. The Morgan fingerprint density at radius 1 is 1.30 bits per heavy atom. The molecule has 0 unspecified atom stereocenters. The lowest BCUT2D eigenvalue weighted by molar-refractivity contribution is 0.102. The fourth-order valence-electron chi connectivity index (χ4n) is 1.70. The van der Waals surface area contributed by atoms with Crippen LogP contribution in [0, 0.1) is 14.9 Å². The number of halogens is 1. The van der Waals surface area contributed by atoms with E-state index >= 15 is 0 Å². The smallest absolute Gasteiger partial charge is 0.256 e. The molecule has 0 aliphatic heterocycles. The molecule has 0 atom stereocenters. The molecule has 100 valence electrons. The highest BCUT2D eigenvalue weighted by Gasteiger charge is 2.12. The second kappa shape index (κ2) is 6.39. The van der Waals surface area contributed by atoms with Gasteiger partial charge in [-0.25, -0.2) is 0 Å². The van der Waals surface area contributed by atoms with Gasteiger partial charge in [0.1, 0.15) is 5.75 Å². The van der Waals surface area contributed by atoms with Gasteiger partial charge >= 0.3 is 0 Å². The molecule has 4 nitrogen and oxygen atoms in total. The van der Waals surface area contributed by atoms with Crippen molar-refractivity contribution in [2.75, 3.05) is 12.4 Å². The van der Waals surface area contributed by atoms with E-state index in [0.717, 1.165) is 3.57 Å². The van der Waals surface area contributed by atoms with Gasteiger partial charge in [-0.3, -0.25) is 4.79 Å². The lowest BCUT2D eigenvalue weighted by Gasteiger charge is -2.11. The summed E-state index contributed by atoms with van der Waals surface area (Å²) in [5.41, 5.74) is 1.62. The molecule has 1 N–H and O–H groups in total. The Labute approximate surface area is 130 Å². The van der Waals surface area contributed by atoms with Crippen molar-refractivity contribution in [1.29, 1.82) is 5.26 Å². The van der Waals surface area contributed by atoms with Crippen LogP contribution < -0.4 is 10.1 Å². The van der Waals surface area contributed by atoms with Crippen LogP contribution >= 0.6 is 22.6 Å². The molecular weight excluding hydrogens is 367 g/mol. The van der Waals surface area contributed by atoms with Crippen LogP contribution in [-0.4, -0.2) is 13.0 Å². The summed E-state index contributed by atoms with van der Waals surface area (Å²) in [7, 11) is 1.50. The third-order valence-corrected chi connectivity index (χ3v) is 3.64. The largest absolute Gasteiger partial charge is 0.495 e. The lowest BCUT2D eigenvalue weighted by Crippen LogP contribution is -2.14. The van der Waals surface area contributed by atoms with Crippen LogP contribution in [0.15, 0.2) is 42.5 Å². The summed E-state index contributed by atoms with van der Waals surface area (Å²) in [6.07, 6.45) is 0. The van der Waals surface area contributed by atoms with Crippen molar-refractivity contribution >= 4 is 34.2 Å². The average molecular weight is 378 g/mol. The molecule has 0 spiro atoms. The number of nitriles is 1. The zero-order chi connectivity index (χ0) is 14.5. The quantitative estimate of drug-likeness (QED) is 0.833. The van der Waals surface area contributed by atoms with E-state index in [9.17, 15) is 4.79 Å². The van der Waals surface area contributed by atoms with Gasteiger partial charge in [-0.15, -0.1) is 0 Å². The minimum absolute atomic E-state index is 0.210. The molecule has 2 aromatic carbocycles. The highest BCUT2D eigenvalue weighted by molar-refractivity contribution is 14.1. The van der Waals surface area contributed by atoms with Crippen LogP contribution in [0.4, 0.5) is 5.69 Å². The molecule has 2 aromatic rings. The van der Waals surface area contributed by atoms with Crippen molar-refractivity contribution in [1.82, 2.24) is 0 Å². The number of ether oxygens (including phenoxy) is 1. The molecule has 0 fully saturated rings. The molecule has 0 heterocycles. The maximum absolute atomic E-state index is 12.2. The Bertz CT molecular complexity index is 693. The second-order valence-electron chi connectivity index (χ2n) is 3.96. The van der Waals surface area contributed by atoms with Crippen LogP contribution in [-0.2, 0) is 0 Å². The summed E-state index contributed by atoms with van der Waals surface area (Å²) in [5, 5.41) is 11.6. The molecule has 0 bridgehead atoms. The van der Waals surface area contributed by atoms with E-state index in [0.29, 0.717) is 22.6 Å². The van der Waals surface area contributed by atoms with Gasteiger partial charge in [0, 0.05) is 9.64 Å². The van der Waals surface area contributed by atoms with Crippen LogP contribution in [0.25, 0.3) is 0 Å². The number of nitrogens with zero attached hydrogens (tertiary/aromatic N) is 1. The van der Waals surface area contributed by atoms with Crippen LogP contribution in [0.3, 0.4) is 0 Å². The van der Waals surface area contributed by atoms with Crippen molar-refractivity contribution < 1.29 is 9.53 Å². The van der Waals surface area contributed by atoms with Crippen molar-refractivity contribution in [3.05, 3.63) is 57.2 Å². The van der Waals surface area contributed by atoms with E-state index in [2.05, 4.69) is 27.9 Å². The van der Waals surface area contributed by atoms with Gasteiger partial charge in [-0.2, -0.15) is 5.26 Å². The van der Waals surface area contributed by atoms with E-state index in [1.807, 2.05) is 24.3 Å². The van der Waals surface area contributed by atoms with Gasteiger partial charge in [0.2, 0.25) is 0 Å². The van der Waals surface area contributed by atoms with E-state index in [-0.39, 0.29) is 5.91 Å². The summed E-state index contributed by atoms with van der Waals surface area (Å²) in [6, 6.07) is 14.2. The third kappa shape index (κ3) is 3.08. The Balaban J connectivity index is 2.29. The first-order valence-electron chi connectivity index (χ1n) is 5.79. The zero-order valence-corrected chi connectivity index (χ0v) is 12.8. The molecule has 20 heavy (non-hydrogen) atoms. The van der Waals surface area contributed by atoms with Gasteiger partial charge < -0.3 is 10.1 Å². The number of benzene rings is 2. The summed E-state index contributed by atoms with van der Waals surface area (Å²) in [4.78, 5) is 12.2. The lowest BCUT2D eigenvalue weighted by atomic mass is 10.1. The molecule has 5 heteroatoms. The number of rotatable bonds is 3. The van der Waals surface area contributed by atoms with Crippen molar-refractivity contribution in [2.45, 2.75) is 0 Å². The molecule has 0 saturated carbocycles. The normalized spacial score (nSPS) is 9.65. The summed E-state index contributed by atoms with van der Waals surface area (Å²) in [6.45, 7) is 0. The fourth-order valence-corrected chi connectivity index (χ4v) is 2.33. The van der Waals surface area contributed by atoms with Gasteiger partial charge in [0.25, 0.3) is 5.91 Å². The van der Waals surface area contributed by atoms with E-state index < -0.39 is 0 Å². The minimum Gasteiger partial charge on any atom is -0.495 e. The summed E-state index contributed by atoms with van der Waals surface area (Å²) in [5.74, 6) is 0.251. The summed E-state index contributed by atoms with van der Waals surface area (Å²) >= 11 is 2.11. The number of carbonyl (C=O) groups is 1. The predicted molar refractivity (Wildman–Crippen MR) is 84.8 cm³/mol. The van der Waals surface area contributed by atoms with Crippen LogP contribution in [0.1, 0.15) is 15.9 Å². The highest BCUT2D eigenvalue weighted by atomic mass is 127. The highest BCUT2D eigenvalue weighted by Crippen LogP contribution is 2.26. The van der Waals surface area contributed by atoms with Gasteiger partial charge in [0.05, 0.1) is 30.0 Å². The van der Waals surface area contributed by atoms with Crippen molar-refractivity contribution in [3.63, 3.8) is 0 Å². The molecule has 0 aliphatic carbocycles. The third-order valence-electron chi connectivity index (χ3n) is 2.70. The van der Waals surface area contributed by atoms with Gasteiger partial charge in [-0.05, 0) is 46.9 Å². The predicted octanol–water partition coefficient (Wildman–Crippen LogP) is 3.42. The molecule has 0 saturated heterocycles. The molecule has 0 aromatic heterocycles. The Hall–Kier alpha value is -2.07. The van der Waals surface area contributed by atoms with E-state index in [1.165, 1.54) is 7.11 Å². The zero-order valence-electron chi connectivity index (χ0n) is 10.7. The number of methoxy groups -OCH3 is 1. The van der Waals surface area contributed by atoms with Crippen molar-refractivity contribution in [2.24, 2.45) is 0 Å². The standard InChI is InChI=1S/C15H11IN2O2/c1-20-14-8-10(9-17)6-7-13(14)18-15(19)11-4-2-3-5-12(11)16/h2-8H,1H3,(H,18,19). The first-order valence-corrected chi connectivity index (χ1v) is 6.87. The molecule has 1 amide bonds. The maximum Gasteiger partial charge on any atom is 0.256 e. The first-order chi connectivity index (χ1) is 9.65. The number of amides is 1. The number of anilines is 1. The average Bonchev–Trinajstić information content (AvgIpc) is 2.48. The SMILES string of the molecule is COc1cc(C#N)ccc1NC(=O)c1ccccc1I. The first kappa shape index (κ1) is 14.3. The van der Waals surface area contributed by atoms with Crippen molar-refractivity contribution in [3.8, 4) is 11.8 Å². The van der Waals surface area contributed by atoms with Gasteiger partial charge in [0.15, 0.2) is 0 Å². The Morgan fingerprint density at radius 2 is 2.05 bits per heavy atom. The number of carbonyl (C=O) groups excluding carboxylic acids is 1. The number of nitrogens with one attached hydrogen (secondary N) is 1. The Morgan fingerprint density at radius 3 is 2.70 bits per heavy atom. The Kier molecular flexibility index (Phi) is 4.58. The van der Waals surface area contributed by atoms with Gasteiger partial charge in [-0.1, -0.05) is 12.1 Å². The van der Waals surface area contributed by atoms with Crippen LogP contribution in [0.2, 0.25) is 0 Å². The van der Waals surface area contributed by atoms with Crippen LogP contribution in [0.5, 0.6) is 5.75 Å². The second-order valence-corrected chi connectivity index (χ2v) is 5.12. The van der Waals surface area contributed by atoms with E-state index in [4.69, 9.17) is 10.00 Å². The number of hydrogen-bond donors (Lipinski definition) is 1. The fraction of sp³-hybridized carbons (Fsp3) is 0.0667. The molecule has 0 aliphatic rings. The molecule has 0 radical (unpaired) electrons. The maximum atomic E-state index is 12.2. The summed E-state index contributed by atoms with van der Waals surface area (Å²) < 4.78 is 6.06. The minimum atomic E-state index is -0.210. The topological polar surface area (TPSA) is 62.1 Å². The molecular formula is C15H11IN2O2. The molecule has 2 rings (SSSR count). The monoisotopic (exact) mass is 378 g/mol. The van der Waals surface area contributed by atoms with E-state index in [1.54, 1.807) is 24.3 Å².